The highest BCUT2D eigenvalue weighted by molar-refractivity contribution is 5.62. The lowest BCUT2D eigenvalue weighted by atomic mass is 10.2. The second-order valence-electron chi connectivity index (χ2n) is 3.85. The Morgan fingerprint density at radius 3 is 2.47 bits per heavy atom. The fourth-order valence-corrected chi connectivity index (χ4v) is 1.76. The van der Waals surface area contributed by atoms with Gasteiger partial charge in [-0.3, -0.25) is 0 Å². The molecule has 5 heteroatoms. The number of methoxy groups -OCH3 is 2. The highest BCUT2D eigenvalue weighted by atomic mass is 16.5. The van der Waals surface area contributed by atoms with Gasteiger partial charge in [-0.15, -0.1) is 0 Å². The van der Waals surface area contributed by atoms with E-state index in [2.05, 4.69) is 0 Å². The first-order valence-corrected chi connectivity index (χ1v) is 5.50. The molecule has 0 radical (unpaired) electrons. The molecule has 0 aromatic heterocycles. The minimum atomic E-state index is 0.0652. The average Bonchev–Trinajstić information content (AvgIpc) is 2.84. The van der Waals surface area contributed by atoms with Crippen LogP contribution in [0.2, 0.25) is 0 Å². The standard InChI is InChI=1S/C12H17NO4/c1-14-11-5-9(13)10(6-12(11)15-2)17-8-3-4-16-7-8/h5-6,8H,3-4,7,13H2,1-2H3. The van der Waals surface area contributed by atoms with Gasteiger partial charge < -0.3 is 24.7 Å². The number of nitrogen functional groups attached to an aromatic ring is 1. The van der Waals surface area contributed by atoms with Crippen molar-refractivity contribution in [1.29, 1.82) is 0 Å². The Kier molecular flexibility index (Phi) is 3.58. The summed E-state index contributed by atoms with van der Waals surface area (Å²) in [6, 6.07) is 3.44. The molecule has 1 saturated heterocycles. The topological polar surface area (TPSA) is 62.9 Å². The number of rotatable bonds is 4. The predicted molar refractivity (Wildman–Crippen MR) is 63.8 cm³/mol. The van der Waals surface area contributed by atoms with Crippen LogP contribution in [-0.4, -0.2) is 33.5 Å². The monoisotopic (exact) mass is 239 g/mol. The van der Waals surface area contributed by atoms with Crippen molar-refractivity contribution in [3.8, 4) is 17.2 Å². The zero-order chi connectivity index (χ0) is 12.3. The van der Waals surface area contributed by atoms with Crippen molar-refractivity contribution in [3.05, 3.63) is 12.1 Å². The van der Waals surface area contributed by atoms with Crippen molar-refractivity contribution < 1.29 is 18.9 Å². The van der Waals surface area contributed by atoms with Crippen LogP contribution in [0.3, 0.4) is 0 Å². The zero-order valence-electron chi connectivity index (χ0n) is 10.1. The molecule has 0 amide bonds. The first-order valence-electron chi connectivity index (χ1n) is 5.50. The molecule has 94 valence electrons. The third-order valence-electron chi connectivity index (χ3n) is 2.70. The molecule has 1 aliphatic heterocycles. The third-order valence-corrected chi connectivity index (χ3v) is 2.70. The Hall–Kier alpha value is -1.62. The summed E-state index contributed by atoms with van der Waals surface area (Å²) in [5.74, 6) is 1.81. The number of nitrogens with two attached hydrogens (primary N) is 1. The molecule has 1 aromatic carbocycles. The summed E-state index contributed by atoms with van der Waals surface area (Å²) >= 11 is 0. The van der Waals surface area contributed by atoms with Gasteiger partial charge in [0.1, 0.15) is 11.9 Å². The van der Waals surface area contributed by atoms with Crippen molar-refractivity contribution in [3.63, 3.8) is 0 Å². The smallest absolute Gasteiger partial charge is 0.164 e. The summed E-state index contributed by atoms with van der Waals surface area (Å²) in [5.41, 5.74) is 6.43. The lowest BCUT2D eigenvalue weighted by molar-refractivity contribution is 0.141. The Bertz CT molecular complexity index is 388. The van der Waals surface area contributed by atoms with Crippen LogP contribution in [0.25, 0.3) is 0 Å². The van der Waals surface area contributed by atoms with Crippen LogP contribution in [0.15, 0.2) is 12.1 Å². The van der Waals surface area contributed by atoms with E-state index in [1.54, 1.807) is 26.4 Å². The van der Waals surface area contributed by atoms with Crippen molar-refractivity contribution in [2.24, 2.45) is 0 Å². The van der Waals surface area contributed by atoms with Gasteiger partial charge in [0, 0.05) is 18.6 Å². The Labute approximate surface area is 100 Å². The second kappa shape index (κ2) is 5.14. The molecule has 1 aromatic rings. The number of anilines is 1. The lowest BCUT2D eigenvalue weighted by Crippen LogP contribution is -2.16. The zero-order valence-corrected chi connectivity index (χ0v) is 10.1. The van der Waals surface area contributed by atoms with E-state index in [0.717, 1.165) is 13.0 Å². The molecule has 0 bridgehead atoms. The molecule has 17 heavy (non-hydrogen) atoms. The molecule has 1 heterocycles. The summed E-state index contributed by atoms with van der Waals surface area (Å²) < 4.78 is 21.4. The number of ether oxygens (including phenoxy) is 4. The van der Waals surface area contributed by atoms with Crippen LogP contribution in [0.1, 0.15) is 6.42 Å². The first kappa shape index (κ1) is 11.9. The van der Waals surface area contributed by atoms with E-state index in [-0.39, 0.29) is 6.10 Å². The van der Waals surface area contributed by atoms with Gasteiger partial charge in [-0.05, 0) is 0 Å². The third kappa shape index (κ3) is 2.55. The van der Waals surface area contributed by atoms with Gasteiger partial charge in [0.05, 0.1) is 33.1 Å². The summed E-state index contributed by atoms with van der Waals surface area (Å²) in [6.07, 6.45) is 0.948. The van der Waals surface area contributed by atoms with Gasteiger partial charge in [0.15, 0.2) is 11.5 Å². The SMILES string of the molecule is COc1cc(N)c(OC2CCOC2)cc1OC. The molecule has 1 aliphatic rings. The van der Waals surface area contributed by atoms with Crippen LogP contribution >= 0.6 is 0 Å². The second-order valence-corrected chi connectivity index (χ2v) is 3.85. The summed E-state index contributed by atoms with van der Waals surface area (Å²) in [5, 5.41) is 0. The highest BCUT2D eigenvalue weighted by Gasteiger charge is 2.19. The van der Waals surface area contributed by atoms with Crippen LogP contribution in [0, 0.1) is 0 Å². The van der Waals surface area contributed by atoms with Crippen molar-refractivity contribution >= 4 is 5.69 Å². The molecule has 0 saturated carbocycles. The van der Waals surface area contributed by atoms with Gasteiger partial charge in [0.2, 0.25) is 0 Å². The van der Waals surface area contributed by atoms with Gasteiger partial charge >= 0.3 is 0 Å². The Morgan fingerprint density at radius 2 is 1.88 bits per heavy atom. The van der Waals surface area contributed by atoms with Crippen molar-refractivity contribution in [1.82, 2.24) is 0 Å². The molecule has 0 aliphatic carbocycles. The molecule has 1 atom stereocenters. The fraction of sp³-hybridized carbons (Fsp3) is 0.500. The number of hydrogen-bond acceptors (Lipinski definition) is 5. The molecule has 2 rings (SSSR count). The van der Waals surface area contributed by atoms with Gasteiger partial charge in [-0.25, -0.2) is 0 Å². The van der Waals surface area contributed by atoms with Crippen LogP contribution in [-0.2, 0) is 4.74 Å². The minimum Gasteiger partial charge on any atom is -0.493 e. The lowest BCUT2D eigenvalue weighted by Gasteiger charge is -2.16. The van der Waals surface area contributed by atoms with Gasteiger partial charge in [-0.2, -0.15) is 0 Å². The van der Waals surface area contributed by atoms with Crippen molar-refractivity contribution in [2.45, 2.75) is 12.5 Å². The highest BCUT2D eigenvalue weighted by Crippen LogP contribution is 2.37. The fourth-order valence-electron chi connectivity index (χ4n) is 1.76. The van der Waals surface area contributed by atoms with Crippen LogP contribution in [0.5, 0.6) is 17.2 Å². The predicted octanol–water partition coefficient (Wildman–Crippen LogP) is 1.45. The molecule has 1 unspecified atom stereocenters. The first-order chi connectivity index (χ1) is 8.24. The van der Waals surface area contributed by atoms with Crippen LogP contribution < -0.4 is 19.9 Å². The minimum absolute atomic E-state index is 0.0652. The van der Waals surface area contributed by atoms with Gasteiger partial charge in [-0.1, -0.05) is 0 Å². The number of benzene rings is 1. The number of hydrogen-bond donors (Lipinski definition) is 1. The summed E-state index contributed by atoms with van der Waals surface area (Å²) in [6.45, 7) is 1.34. The Balaban J connectivity index is 2.20. The quantitative estimate of drug-likeness (QED) is 0.806. The van der Waals surface area contributed by atoms with Gasteiger partial charge in [0.25, 0.3) is 0 Å². The molecule has 1 fully saturated rings. The maximum Gasteiger partial charge on any atom is 0.164 e. The van der Waals surface area contributed by atoms with E-state index in [0.29, 0.717) is 29.5 Å². The van der Waals surface area contributed by atoms with E-state index in [4.69, 9.17) is 24.7 Å². The van der Waals surface area contributed by atoms with E-state index in [1.807, 2.05) is 0 Å². The van der Waals surface area contributed by atoms with Crippen LogP contribution in [0.4, 0.5) is 5.69 Å². The molecule has 5 nitrogen and oxygen atoms in total. The Morgan fingerprint density at radius 1 is 1.18 bits per heavy atom. The summed E-state index contributed by atoms with van der Waals surface area (Å²) in [4.78, 5) is 0. The molecule has 0 spiro atoms. The maximum absolute atomic E-state index is 5.90. The normalized spacial score (nSPS) is 19.1. The maximum atomic E-state index is 5.90. The van der Waals surface area contributed by atoms with E-state index in [1.165, 1.54) is 0 Å². The molecular weight excluding hydrogens is 222 g/mol. The average molecular weight is 239 g/mol. The molecular formula is C12H17NO4. The summed E-state index contributed by atoms with van der Waals surface area (Å²) in [7, 11) is 3.15. The van der Waals surface area contributed by atoms with E-state index >= 15 is 0 Å². The van der Waals surface area contributed by atoms with Crippen molar-refractivity contribution in [2.75, 3.05) is 33.2 Å². The van der Waals surface area contributed by atoms with E-state index < -0.39 is 0 Å². The molecule has 2 N–H and O–H groups in total. The van der Waals surface area contributed by atoms with E-state index in [9.17, 15) is 0 Å². The largest absolute Gasteiger partial charge is 0.493 e.